The van der Waals surface area contributed by atoms with Crippen molar-refractivity contribution in [2.24, 2.45) is 0 Å². The van der Waals surface area contributed by atoms with Crippen molar-refractivity contribution in [1.82, 2.24) is 14.7 Å². The number of piperazine rings is 1. The zero-order valence-corrected chi connectivity index (χ0v) is 18.5. The summed E-state index contributed by atoms with van der Waals surface area (Å²) in [6, 6.07) is 11.4. The highest BCUT2D eigenvalue weighted by molar-refractivity contribution is 7.89. The highest BCUT2D eigenvalue weighted by atomic mass is 32.2. The number of amides is 1. The van der Waals surface area contributed by atoms with Crippen LogP contribution < -0.4 is 10.4 Å². The van der Waals surface area contributed by atoms with Crippen LogP contribution in [0.2, 0.25) is 0 Å². The Morgan fingerprint density at radius 2 is 1.75 bits per heavy atom. The van der Waals surface area contributed by atoms with Crippen LogP contribution in [-0.4, -0.2) is 75.1 Å². The van der Waals surface area contributed by atoms with Crippen LogP contribution in [0.1, 0.15) is 0 Å². The van der Waals surface area contributed by atoms with Crippen molar-refractivity contribution in [3.05, 3.63) is 59.9 Å². The average molecular weight is 461 g/mol. The van der Waals surface area contributed by atoms with Crippen LogP contribution in [0.4, 0.5) is 10.1 Å². The zero-order valence-electron chi connectivity index (χ0n) is 17.7. The van der Waals surface area contributed by atoms with E-state index >= 15 is 0 Å². The Balaban J connectivity index is 1.50. The van der Waals surface area contributed by atoms with Gasteiger partial charge < -0.3 is 9.80 Å². The monoisotopic (exact) mass is 460 g/mol. The highest BCUT2D eigenvalue weighted by Gasteiger charge is 2.31. The molecule has 32 heavy (non-hydrogen) atoms. The van der Waals surface area contributed by atoms with Gasteiger partial charge in [0.2, 0.25) is 10.0 Å². The summed E-state index contributed by atoms with van der Waals surface area (Å²) in [7, 11) is -1.90. The molecule has 2 heterocycles. The van der Waals surface area contributed by atoms with E-state index < -0.39 is 21.7 Å². The molecule has 1 saturated heterocycles. The molecule has 0 spiro atoms. The molecule has 2 aromatic rings. The Labute approximate surface area is 186 Å². The predicted molar refractivity (Wildman–Crippen MR) is 118 cm³/mol. The van der Waals surface area contributed by atoms with E-state index in [9.17, 15) is 17.6 Å². The van der Waals surface area contributed by atoms with E-state index in [1.165, 1.54) is 23.7 Å². The Morgan fingerprint density at radius 1 is 1.06 bits per heavy atom. The van der Waals surface area contributed by atoms with Crippen LogP contribution in [0.3, 0.4) is 0 Å². The normalized spacial score (nSPS) is 18.0. The van der Waals surface area contributed by atoms with Gasteiger partial charge >= 0.3 is 0 Å². The number of benzene rings is 2. The minimum absolute atomic E-state index is 0.0256. The number of anilines is 1. The van der Waals surface area contributed by atoms with Gasteiger partial charge in [0, 0.05) is 56.1 Å². The fourth-order valence-corrected chi connectivity index (χ4v) is 5.28. The number of hydrogen-bond donors (Lipinski definition) is 2. The standard InChI is InChI=1S/C22H25FN4O4S/c1-25-10-12-26(13-11-25)18-4-2-16(3-5-18)20-7-6-19(14-21(20)23)32(30,31)27-9-8-17(15-27)22(28)24-29/h2-8,14,29H,9-13,15H2,1H3,(H,24,28). The molecule has 2 aliphatic heterocycles. The van der Waals surface area contributed by atoms with Gasteiger partial charge in [-0.15, -0.1) is 0 Å². The van der Waals surface area contributed by atoms with Crippen molar-refractivity contribution in [3.8, 4) is 11.1 Å². The van der Waals surface area contributed by atoms with Crippen molar-refractivity contribution in [2.75, 3.05) is 51.2 Å². The van der Waals surface area contributed by atoms with E-state index in [1.54, 1.807) is 0 Å². The second-order valence-corrected chi connectivity index (χ2v) is 9.88. The van der Waals surface area contributed by atoms with Crippen LogP contribution in [0.5, 0.6) is 0 Å². The summed E-state index contributed by atoms with van der Waals surface area (Å²) < 4.78 is 41.7. The molecule has 1 fully saturated rings. The van der Waals surface area contributed by atoms with Gasteiger partial charge in [-0.3, -0.25) is 10.0 Å². The van der Waals surface area contributed by atoms with Crippen LogP contribution >= 0.6 is 0 Å². The summed E-state index contributed by atoms with van der Waals surface area (Å²) in [5.74, 6) is -1.40. The molecule has 170 valence electrons. The van der Waals surface area contributed by atoms with Crippen LogP contribution in [0, 0.1) is 5.82 Å². The van der Waals surface area contributed by atoms with E-state index in [-0.39, 0.29) is 23.6 Å². The number of halogens is 1. The van der Waals surface area contributed by atoms with E-state index in [1.807, 2.05) is 24.3 Å². The van der Waals surface area contributed by atoms with Crippen LogP contribution in [0.25, 0.3) is 11.1 Å². The van der Waals surface area contributed by atoms with E-state index in [0.717, 1.165) is 42.2 Å². The third-order valence-corrected chi connectivity index (χ3v) is 7.71. The molecule has 0 aliphatic carbocycles. The van der Waals surface area contributed by atoms with Gasteiger partial charge in [-0.2, -0.15) is 4.31 Å². The maximum absolute atomic E-state index is 14.9. The fourth-order valence-electron chi connectivity index (χ4n) is 3.91. The van der Waals surface area contributed by atoms with Gasteiger partial charge in [-0.25, -0.2) is 18.3 Å². The van der Waals surface area contributed by atoms with Gasteiger partial charge in [0.25, 0.3) is 5.91 Å². The molecule has 0 atom stereocenters. The number of carbonyl (C=O) groups is 1. The van der Waals surface area contributed by atoms with Crippen molar-refractivity contribution < 1.29 is 22.8 Å². The third kappa shape index (κ3) is 4.40. The number of nitrogens with one attached hydrogen (secondary N) is 1. The quantitative estimate of drug-likeness (QED) is 0.521. The minimum atomic E-state index is -3.99. The van der Waals surface area contributed by atoms with Gasteiger partial charge in [-0.1, -0.05) is 24.3 Å². The first-order chi connectivity index (χ1) is 15.3. The van der Waals surface area contributed by atoms with Crippen molar-refractivity contribution in [2.45, 2.75) is 4.90 Å². The summed E-state index contributed by atoms with van der Waals surface area (Å²) in [4.78, 5) is 15.9. The molecular formula is C22H25FN4O4S. The molecule has 0 bridgehead atoms. The first-order valence-electron chi connectivity index (χ1n) is 10.3. The Bertz CT molecular complexity index is 1140. The van der Waals surface area contributed by atoms with Gasteiger partial charge in [0.05, 0.1) is 4.90 Å². The Kier molecular flexibility index (Phi) is 6.29. The Hall–Kier alpha value is -2.79. The molecule has 2 aromatic carbocycles. The molecule has 0 saturated carbocycles. The number of nitrogens with zero attached hydrogens (tertiary/aromatic N) is 3. The smallest absolute Gasteiger partial charge is 0.271 e. The lowest BCUT2D eigenvalue weighted by Crippen LogP contribution is -2.44. The van der Waals surface area contributed by atoms with E-state index in [4.69, 9.17) is 5.21 Å². The van der Waals surface area contributed by atoms with Crippen molar-refractivity contribution >= 4 is 21.6 Å². The lowest BCUT2D eigenvalue weighted by molar-refractivity contribution is -0.125. The summed E-state index contributed by atoms with van der Waals surface area (Å²) >= 11 is 0. The molecule has 1 amide bonds. The minimum Gasteiger partial charge on any atom is -0.369 e. The average Bonchev–Trinajstić information content (AvgIpc) is 3.30. The summed E-state index contributed by atoms with van der Waals surface area (Å²) in [5.41, 5.74) is 3.67. The second-order valence-electron chi connectivity index (χ2n) is 7.95. The lowest BCUT2D eigenvalue weighted by atomic mass is 10.0. The first kappa shape index (κ1) is 22.4. The third-order valence-electron chi connectivity index (χ3n) is 5.91. The maximum Gasteiger partial charge on any atom is 0.271 e. The summed E-state index contributed by atoms with van der Waals surface area (Å²) in [6.07, 6.45) is 1.41. The molecule has 0 aromatic heterocycles. The SMILES string of the molecule is CN1CCN(c2ccc(-c3ccc(S(=O)(=O)N4CC=C(C(=O)NO)C4)cc3F)cc2)CC1. The van der Waals surface area contributed by atoms with E-state index in [2.05, 4.69) is 16.8 Å². The van der Waals surface area contributed by atoms with Gasteiger partial charge in [0.15, 0.2) is 0 Å². The molecule has 4 rings (SSSR count). The maximum atomic E-state index is 14.9. The van der Waals surface area contributed by atoms with Crippen molar-refractivity contribution in [1.29, 1.82) is 0 Å². The molecule has 0 radical (unpaired) electrons. The molecule has 2 aliphatic rings. The molecule has 10 heteroatoms. The fraction of sp³-hybridized carbons (Fsp3) is 0.318. The first-order valence-corrected chi connectivity index (χ1v) is 11.7. The van der Waals surface area contributed by atoms with Crippen LogP contribution in [0.15, 0.2) is 59.0 Å². The van der Waals surface area contributed by atoms with Gasteiger partial charge in [0.1, 0.15) is 5.82 Å². The molecular weight excluding hydrogens is 435 g/mol. The van der Waals surface area contributed by atoms with Gasteiger partial charge in [-0.05, 0) is 36.9 Å². The molecule has 0 unspecified atom stereocenters. The summed E-state index contributed by atoms with van der Waals surface area (Å²) in [5, 5.41) is 8.72. The second kappa shape index (κ2) is 8.99. The Morgan fingerprint density at radius 3 is 2.38 bits per heavy atom. The van der Waals surface area contributed by atoms with E-state index in [0.29, 0.717) is 11.1 Å². The highest BCUT2D eigenvalue weighted by Crippen LogP contribution is 2.29. The van der Waals surface area contributed by atoms with Crippen LogP contribution in [-0.2, 0) is 14.8 Å². The molecule has 8 nitrogen and oxygen atoms in total. The number of carbonyl (C=O) groups excluding carboxylic acids is 1. The molecule has 2 N–H and O–H groups in total. The number of likely N-dealkylation sites (N-methyl/N-ethyl adjacent to an activating group) is 1. The summed E-state index contributed by atoms with van der Waals surface area (Å²) in [6.45, 7) is 3.64. The predicted octanol–water partition coefficient (Wildman–Crippen LogP) is 1.68. The lowest BCUT2D eigenvalue weighted by Gasteiger charge is -2.34. The largest absolute Gasteiger partial charge is 0.369 e. The topological polar surface area (TPSA) is 93.2 Å². The van der Waals surface area contributed by atoms with Crippen molar-refractivity contribution in [3.63, 3.8) is 0 Å². The number of hydrogen-bond acceptors (Lipinski definition) is 6. The number of sulfonamides is 1. The zero-order chi connectivity index (χ0) is 22.9. The number of hydroxylamine groups is 1. The number of rotatable bonds is 5.